The van der Waals surface area contributed by atoms with Gasteiger partial charge in [0.1, 0.15) is 5.60 Å². The molecule has 0 aliphatic carbocycles. The Morgan fingerprint density at radius 1 is 1.21 bits per heavy atom. The van der Waals surface area contributed by atoms with Gasteiger partial charge >= 0.3 is 6.09 Å². The predicted molar refractivity (Wildman–Crippen MR) is 78.0 cm³/mol. The quantitative estimate of drug-likeness (QED) is 0.838. The van der Waals surface area contributed by atoms with Gasteiger partial charge in [-0.2, -0.15) is 0 Å². The van der Waals surface area contributed by atoms with Crippen molar-refractivity contribution in [2.24, 2.45) is 11.7 Å². The van der Waals surface area contributed by atoms with E-state index in [1.165, 1.54) is 0 Å². The monoisotopic (exact) mass is 270 g/mol. The lowest BCUT2D eigenvalue weighted by molar-refractivity contribution is 0.0255. The lowest BCUT2D eigenvalue weighted by atomic mass is 9.87. The highest BCUT2D eigenvalue weighted by atomic mass is 16.6. The van der Waals surface area contributed by atoms with Crippen LogP contribution in [0.1, 0.15) is 60.3 Å². The molecule has 0 saturated carbocycles. The van der Waals surface area contributed by atoms with Crippen LogP contribution >= 0.6 is 0 Å². The van der Waals surface area contributed by atoms with Crippen molar-refractivity contribution in [2.75, 3.05) is 13.1 Å². The number of rotatable bonds is 2. The van der Waals surface area contributed by atoms with Gasteiger partial charge in [0.05, 0.1) is 0 Å². The van der Waals surface area contributed by atoms with Gasteiger partial charge in [0.15, 0.2) is 0 Å². The molecule has 0 radical (unpaired) electrons. The fourth-order valence-electron chi connectivity index (χ4n) is 2.62. The summed E-state index contributed by atoms with van der Waals surface area (Å²) in [5.41, 5.74) is 5.56. The third kappa shape index (κ3) is 6.81. The zero-order chi connectivity index (χ0) is 14.7. The maximum absolute atomic E-state index is 12.0. The molecule has 1 heterocycles. The first kappa shape index (κ1) is 16.3. The summed E-state index contributed by atoms with van der Waals surface area (Å²) in [6.07, 6.45) is 4.06. The Kier molecular flexibility index (Phi) is 5.25. The van der Waals surface area contributed by atoms with E-state index in [1.54, 1.807) is 0 Å². The van der Waals surface area contributed by atoms with E-state index in [1.807, 2.05) is 25.7 Å². The normalized spacial score (nSPS) is 22.0. The van der Waals surface area contributed by atoms with E-state index in [-0.39, 0.29) is 11.6 Å². The van der Waals surface area contributed by atoms with Crippen LogP contribution in [0.4, 0.5) is 4.79 Å². The van der Waals surface area contributed by atoms with Gasteiger partial charge in [-0.1, -0.05) is 0 Å². The SMILES string of the molecule is CC(C)(N)CC1CCCN(C(=O)OC(C)(C)C)CC1. The first-order valence-electron chi connectivity index (χ1n) is 7.34. The summed E-state index contributed by atoms with van der Waals surface area (Å²) >= 11 is 0. The minimum absolute atomic E-state index is 0.119. The van der Waals surface area contributed by atoms with Crippen LogP contribution in [-0.4, -0.2) is 35.2 Å². The van der Waals surface area contributed by atoms with Gasteiger partial charge in [-0.3, -0.25) is 0 Å². The molecule has 1 atom stereocenters. The third-order valence-corrected chi connectivity index (χ3v) is 3.31. The summed E-state index contributed by atoms with van der Waals surface area (Å²) in [7, 11) is 0. The number of carbonyl (C=O) groups is 1. The van der Waals surface area contributed by atoms with E-state index >= 15 is 0 Å². The Labute approximate surface area is 117 Å². The molecule has 1 aliphatic rings. The zero-order valence-corrected chi connectivity index (χ0v) is 13.2. The molecule has 1 aliphatic heterocycles. The van der Waals surface area contributed by atoms with Gasteiger partial charge in [-0.05, 0) is 66.2 Å². The molecule has 1 fully saturated rings. The average Bonchev–Trinajstić information content (AvgIpc) is 2.38. The van der Waals surface area contributed by atoms with E-state index < -0.39 is 5.60 Å². The summed E-state index contributed by atoms with van der Waals surface area (Å²) in [5, 5.41) is 0. The lowest BCUT2D eigenvalue weighted by Crippen LogP contribution is -2.38. The second-order valence-electron chi connectivity index (χ2n) is 7.46. The van der Waals surface area contributed by atoms with E-state index in [0.717, 1.165) is 38.8 Å². The number of amides is 1. The molecule has 4 nitrogen and oxygen atoms in total. The van der Waals surface area contributed by atoms with Crippen LogP contribution in [0.2, 0.25) is 0 Å². The van der Waals surface area contributed by atoms with Crippen molar-refractivity contribution < 1.29 is 9.53 Å². The average molecular weight is 270 g/mol. The molecule has 0 spiro atoms. The number of nitrogens with zero attached hydrogens (tertiary/aromatic N) is 1. The number of hydrogen-bond donors (Lipinski definition) is 1. The summed E-state index contributed by atoms with van der Waals surface area (Å²) in [6.45, 7) is 11.5. The summed E-state index contributed by atoms with van der Waals surface area (Å²) in [4.78, 5) is 13.9. The van der Waals surface area contributed by atoms with Crippen LogP contribution in [0.3, 0.4) is 0 Å². The molecule has 4 heteroatoms. The maximum Gasteiger partial charge on any atom is 0.410 e. The van der Waals surface area contributed by atoms with Crippen LogP contribution in [0, 0.1) is 5.92 Å². The molecule has 0 aromatic rings. The molecule has 1 rings (SSSR count). The summed E-state index contributed by atoms with van der Waals surface area (Å²) in [6, 6.07) is 0. The summed E-state index contributed by atoms with van der Waals surface area (Å²) in [5.74, 6) is 0.618. The molecule has 0 aromatic heterocycles. The van der Waals surface area contributed by atoms with Gasteiger partial charge in [-0.25, -0.2) is 4.79 Å². The van der Waals surface area contributed by atoms with Crippen LogP contribution in [0.25, 0.3) is 0 Å². The van der Waals surface area contributed by atoms with Crippen molar-refractivity contribution in [1.29, 1.82) is 0 Å². The minimum Gasteiger partial charge on any atom is -0.444 e. The second-order valence-corrected chi connectivity index (χ2v) is 7.46. The Morgan fingerprint density at radius 3 is 2.37 bits per heavy atom. The third-order valence-electron chi connectivity index (χ3n) is 3.31. The largest absolute Gasteiger partial charge is 0.444 e. The maximum atomic E-state index is 12.0. The Bertz CT molecular complexity index is 302. The van der Waals surface area contributed by atoms with E-state index in [9.17, 15) is 4.79 Å². The molecule has 0 bridgehead atoms. The number of ether oxygens (including phenoxy) is 1. The van der Waals surface area contributed by atoms with Gasteiger partial charge < -0.3 is 15.4 Å². The van der Waals surface area contributed by atoms with Crippen molar-refractivity contribution in [1.82, 2.24) is 4.90 Å². The molecule has 1 unspecified atom stereocenters. The van der Waals surface area contributed by atoms with E-state index in [4.69, 9.17) is 10.5 Å². The highest BCUT2D eigenvalue weighted by molar-refractivity contribution is 5.68. The van der Waals surface area contributed by atoms with E-state index in [0.29, 0.717) is 5.92 Å². The first-order chi connectivity index (χ1) is 8.57. The fraction of sp³-hybridized carbons (Fsp3) is 0.933. The van der Waals surface area contributed by atoms with Gasteiger partial charge in [0.25, 0.3) is 0 Å². The van der Waals surface area contributed by atoms with Crippen LogP contribution < -0.4 is 5.73 Å². The highest BCUT2D eigenvalue weighted by Crippen LogP contribution is 2.25. The van der Waals surface area contributed by atoms with Crippen molar-refractivity contribution in [3.05, 3.63) is 0 Å². The zero-order valence-electron chi connectivity index (χ0n) is 13.2. The second kappa shape index (κ2) is 6.12. The topological polar surface area (TPSA) is 55.6 Å². The molecule has 0 aromatic carbocycles. The Balaban J connectivity index is 2.48. The van der Waals surface area contributed by atoms with Crippen molar-refractivity contribution in [3.63, 3.8) is 0 Å². The van der Waals surface area contributed by atoms with Crippen molar-refractivity contribution >= 4 is 6.09 Å². The van der Waals surface area contributed by atoms with Crippen LogP contribution in [0.5, 0.6) is 0 Å². The fourth-order valence-corrected chi connectivity index (χ4v) is 2.62. The summed E-state index contributed by atoms with van der Waals surface area (Å²) < 4.78 is 5.43. The number of carbonyl (C=O) groups excluding carboxylic acids is 1. The molecule has 112 valence electrons. The molecular formula is C15H30N2O2. The Morgan fingerprint density at radius 2 is 1.84 bits per heavy atom. The molecular weight excluding hydrogens is 240 g/mol. The Hall–Kier alpha value is -0.770. The number of hydrogen-bond acceptors (Lipinski definition) is 3. The van der Waals surface area contributed by atoms with Crippen LogP contribution in [-0.2, 0) is 4.74 Å². The van der Waals surface area contributed by atoms with Crippen LogP contribution in [0.15, 0.2) is 0 Å². The van der Waals surface area contributed by atoms with Gasteiger partial charge in [0.2, 0.25) is 0 Å². The standard InChI is InChI=1S/C15H30N2O2/c1-14(2,3)19-13(18)17-9-6-7-12(8-10-17)11-15(4,5)16/h12H,6-11,16H2,1-5H3. The number of nitrogens with two attached hydrogens (primary N) is 1. The lowest BCUT2D eigenvalue weighted by Gasteiger charge is -2.27. The molecule has 1 amide bonds. The van der Waals surface area contributed by atoms with Crippen molar-refractivity contribution in [3.8, 4) is 0 Å². The smallest absolute Gasteiger partial charge is 0.410 e. The first-order valence-corrected chi connectivity index (χ1v) is 7.34. The van der Waals surface area contributed by atoms with Crippen molar-refractivity contribution in [2.45, 2.75) is 71.4 Å². The molecule has 2 N–H and O–H groups in total. The molecule has 19 heavy (non-hydrogen) atoms. The van der Waals surface area contributed by atoms with Gasteiger partial charge in [-0.15, -0.1) is 0 Å². The van der Waals surface area contributed by atoms with Gasteiger partial charge in [0, 0.05) is 18.6 Å². The van der Waals surface area contributed by atoms with E-state index in [2.05, 4.69) is 13.8 Å². The molecule has 1 saturated heterocycles. The number of likely N-dealkylation sites (tertiary alicyclic amines) is 1. The predicted octanol–water partition coefficient (Wildman–Crippen LogP) is 3.15. The minimum atomic E-state index is -0.415. The highest BCUT2D eigenvalue weighted by Gasteiger charge is 2.27.